The molecule has 112 valence electrons. The second-order valence-electron chi connectivity index (χ2n) is 5.15. The van der Waals surface area contributed by atoms with E-state index in [0.29, 0.717) is 18.5 Å². The van der Waals surface area contributed by atoms with Crippen LogP contribution in [0.5, 0.6) is 0 Å². The molecule has 0 saturated carbocycles. The molecule has 1 N–H and O–H groups in total. The molecule has 0 saturated heterocycles. The molecule has 4 nitrogen and oxygen atoms in total. The van der Waals surface area contributed by atoms with Crippen molar-refractivity contribution in [2.24, 2.45) is 0 Å². The second-order valence-corrected chi connectivity index (χ2v) is 5.15. The summed E-state index contributed by atoms with van der Waals surface area (Å²) in [6.07, 6.45) is 1.08. The third-order valence-electron chi connectivity index (χ3n) is 3.77. The zero-order chi connectivity index (χ0) is 15.5. The summed E-state index contributed by atoms with van der Waals surface area (Å²) in [5, 5.41) is 14.6. The van der Waals surface area contributed by atoms with Gasteiger partial charge >= 0.3 is 0 Å². The van der Waals surface area contributed by atoms with Gasteiger partial charge in [0.1, 0.15) is 5.82 Å². The summed E-state index contributed by atoms with van der Waals surface area (Å²) >= 11 is 0. The number of aromatic nitrogens is 2. The second kappa shape index (κ2) is 6.18. The molecule has 0 fully saturated rings. The molecule has 5 heteroatoms. The Morgan fingerprint density at radius 2 is 1.76 bits per heavy atom. The van der Waals surface area contributed by atoms with Crippen LogP contribution in [-0.4, -0.2) is 20.5 Å². The van der Waals surface area contributed by atoms with Gasteiger partial charge in [0.25, 0.3) is 5.56 Å². The van der Waals surface area contributed by atoms with E-state index in [-0.39, 0.29) is 17.9 Å². The van der Waals surface area contributed by atoms with Crippen LogP contribution < -0.4 is 5.56 Å². The number of rotatable bonds is 5. The van der Waals surface area contributed by atoms with Crippen molar-refractivity contribution in [3.63, 3.8) is 0 Å². The van der Waals surface area contributed by atoms with Crippen molar-refractivity contribution in [1.29, 1.82) is 0 Å². The standard InChI is InChI=1S/C16H19FN2O2/c1-3-16(21,4-2)11-19-15(20)10-9-14(18-19)12-5-7-13(17)8-6-12/h5-10,21H,3-4,11H2,1-2H3. The maximum Gasteiger partial charge on any atom is 0.266 e. The fraction of sp³-hybridized carbons (Fsp3) is 0.375. The topological polar surface area (TPSA) is 55.1 Å². The molecule has 1 aromatic heterocycles. The number of benzene rings is 1. The molecule has 0 unspecified atom stereocenters. The van der Waals surface area contributed by atoms with E-state index in [1.807, 2.05) is 13.8 Å². The van der Waals surface area contributed by atoms with E-state index in [9.17, 15) is 14.3 Å². The molecule has 0 radical (unpaired) electrons. The molecule has 2 rings (SSSR count). The molecular formula is C16H19FN2O2. The molecule has 0 aliphatic rings. The van der Waals surface area contributed by atoms with Crippen LogP contribution in [0.25, 0.3) is 11.3 Å². The first-order chi connectivity index (χ1) is 9.97. The minimum Gasteiger partial charge on any atom is -0.388 e. The first-order valence-corrected chi connectivity index (χ1v) is 7.04. The monoisotopic (exact) mass is 290 g/mol. The lowest BCUT2D eigenvalue weighted by Gasteiger charge is -2.25. The van der Waals surface area contributed by atoms with Gasteiger partial charge in [-0.1, -0.05) is 13.8 Å². The van der Waals surface area contributed by atoms with Gasteiger partial charge < -0.3 is 5.11 Å². The Morgan fingerprint density at radius 3 is 2.33 bits per heavy atom. The van der Waals surface area contributed by atoms with Crippen LogP contribution in [0.1, 0.15) is 26.7 Å². The molecule has 21 heavy (non-hydrogen) atoms. The Morgan fingerprint density at radius 1 is 1.14 bits per heavy atom. The summed E-state index contributed by atoms with van der Waals surface area (Å²) in [6.45, 7) is 3.89. The molecule has 2 aromatic rings. The third kappa shape index (κ3) is 3.55. The predicted molar refractivity (Wildman–Crippen MR) is 79.4 cm³/mol. The number of halogens is 1. The van der Waals surface area contributed by atoms with Gasteiger partial charge in [0.15, 0.2) is 0 Å². The van der Waals surface area contributed by atoms with E-state index in [2.05, 4.69) is 5.10 Å². The third-order valence-corrected chi connectivity index (χ3v) is 3.77. The highest BCUT2D eigenvalue weighted by atomic mass is 19.1. The summed E-state index contributed by atoms with van der Waals surface area (Å²) in [5.41, 5.74) is 0.0881. The van der Waals surface area contributed by atoms with Crippen molar-refractivity contribution < 1.29 is 9.50 Å². The molecule has 0 spiro atoms. The van der Waals surface area contributed by atoms with Crippen LogP contribution in [0.3, 0.4) is 0 Å². The fourth-order valence-corrected chi connectivity index (χ4v) is 2.09. The minimum atomic E-state index is -0.946. The SMILES string of the molecule is CCC(O)(CC)Cn1nc(-c2ccc(F)cc2)ccc1=O. The number of hydrogen-bond acceptors (Lipinski definition) is 3. The van der Waals surface area contributed by atoms with Crippen molar-refractivity contribution in [2.45, 2.75) is 38.8 Å². The molecule has 0 aliphatic heterocycles. The molecule has 0 aliphatic carbocycles. The lowest BCUT2D eigenvalue weighted by atomic mass is 9.98. The number of nitrogens with zero attached hydrogens (tertiary/aromatic N) is 2. The lowest BCUT2D eigenvalue weighted by Crippen LogP contribution is -2.38. The normalized spacial score (nSPS) is 11.6. The Bertz CT molecular complexity index is 661. The van der Waals surface area contributed by atoms with Crippen LogP contribution >= 0.6 is 0 Å². The average molecular weight is 290 g/mol. The highest BCUT2D eigenvalue weighted by molar-refractivity contribution is 5.57. The molecule has 0 atom stereocenters. The Balaban J connectivity index is 2.38. The number of hydrogen-bond donors (Lipinski definition) is 1. The zero-order valence-corrected chi connectivity index (χ0v) is 12.2. The van der Waals surface area contributed by atoms with Crippen molar-refractivity contribution in [3.05, 3.63) is 52.6 Å². The van der Waals surface area contributed by atoms with Gasteiger partial charge in [-0.05, 0) is 43.2 Å². The van der Waals surface area contributed by atoms with Crippen LogP contribution in [0.15, 0.2) is 41.2 Å². The van der Waals surface area contributed by atoms with Crippen LogP contribution in [0, 0.1) is 5.82 Å². The first kappa shape index (κ1) is 15.4. The van der Waals surface area contributed by atoms with Gasteiger partial charge in [0.2, 0.25) is 0 Å². The van der Waals surface area contributed by atoms with E-state index in [1.54, 1.807) is 18.2 Å². The van der Waals surface area contributed by atoms with Crippen molar-refractivity contribution in [1.82, 2.24) is 9.78 Å². The van der Waals surface area contributed by atoms with Gasteiger partial charge in [-0.3, -0.25) is 4.79 Å². The molecular weight excluding hydrogens is 271 g/mol. The maximum atomic E-state index is 13.0. The summed E-state index contributed by atoms with van der Waals surface area (Å²) in [7, 11) is 0. The lowest BCUT2D eigenvalue weighted by molar-refractivity contribution is 0.0106. The van der Waals surface area contributed by atoms with Crippen molar-refractivity contribution >= 4 is 0 Å². The summed E-state index contributed by atoms with van der Waals surface area (Å²) in [5.74, 6) is -0.321. The van der Waals surface area contributed by atoms with E-state index in [4.69, 9.17) is 0 Å². The van der Waals surface area contributed by atoms with Crippen LogP contribution in [0.2, 0.25) is 0 Å². The van der Waals surface area contributed by atoms with Crippen molar-refractivity contribution in [3.8, 4) is 11.3 Å². The smallest absolute Gasteiger partial charge is 0.266 e. The largest absolute Gasteiger partial charge is 0.388 e. The summed E-state index contributed by atoms with van der Waals surface area (Å²) < 4.78 is 14.2. The zero-order valence-electron chi connectivity index (χ0n) is 12.2. The van der Waals surface area contributed by atoms with Gasteiger partial charge in [-0.2, -0.15) is 5.10 Å². The van der Waals surface area contributed by atoms with Crippen LogP contribution in [-0.2, 0) is 6.54 Å². The quantitative estimate of drug-likeness (QED) is 0.921. The molecule has 0 amide bonds. The van der Waals surface area contributed by atoms with Gasteiger partial charge in [-0.15, -0.1) is 0 Å². The highest BCUT2D eigenvalue weighted by Crippen LogP contribution is 2.18. The van der Waals surface area contributed by atoms with Gasteiger partial charge in [-0.25, -0.2) is 9.07 Å². The summed E-state index contributed by atoms with van der Waals surface area (Å²) in [6, 6.07) is 8.93. The molecule has 1 heterocycles. The van der Waals surface area contributed by atoms with Crippen molar-refractivity contribution in [2.75, 3.05) is 0 Å². The minimum absolute atomic E-state index is 0.147. The highest BCUT2D eigenvalue weighted by Gasteiger charge is 2.24. The number of aliphatic hydroxyl groups is 1. The van der Waals surface area contributed by atoms with E-state index < -0.39 is 5.60 Å². The Labute approximate surface area is 122 Å². The summed E-state index contributed by atoms with van der Waals surface area (Å²) in [4.78, 5) is 11.9. The van der Waals surface area contributed by atoms with Gasteiger partial charge in [0, 0.05) is 11.6 Å². The van der Waals surface area contributed by atoms with Gasteiger partial charge in [0.05, 0.1) is 17.8 Å². The molecule has 1 aromatic carbocycles. The Kier molecular flexibility index (Phi) is 4.53. The van der Waals surface area contributed by atoms with Crippen LogP contribution in [0.4, 0.5) is 4.39 Å². The first-order valence-electron chi connectivity index (χ1n) is 7.04. The van der Waals surface area contributed by atoms with E-state index in [0.717, 1.165) is 5.56 Å². The molecule has 0 bridgehead atoms. The van der Waals surface area contributed by atoms with E-state index in [1.165, 1.54) is 22.9 Å². The maximum absolute atomic E-state index is 13.0. The predicted octanol–water partition coefficient (Wildman–Crippen LogP) is 2.60. The Hall–Kier alpha value is -2.01. The fourth-order valence-electron chi connectivity index (χ4n) is 2.09. The van der Waals surface area contributed by atoms with E-state index >= 15 is 0 Å². The average Bonchev–Trinajstić information content (AvgIpc) is 2.50.